The average Bonchev–Trinajstić information content (AvgIpc) is 2.47. The SMILES string of the molecule is CCNC(c1cccc2c1OCCO2)C(CC)CC. The lowest BCUT2D eigenvalue weighted by Gasteiger charge is -2.30. The van der Waals surface area contributed by atoms with Gasteiger partial charge in [-0.25, -0.2) is 0 Å². The summed E-state index contributed by atoms with van der Waals surface area (Å²) in [6, 6.07) is 6.57. The van der Waals surface area contributed by atoms with E-state index in [0.717, 1.165) is 18.0 Å². The zero-order valence-electron chi connectivity index (χ0n) is 12.2. The summed E-state index contributed by atoms with van der Waals surface area (Å²) in [4.78, 5) is 0. The van der Waals surface area contributed by atoms with Crippen LogP contribution in [0.2, 0.25) is 0 Å². The van der Waals surface area contributed by atoms with E-state index in [-0.39, 0.29) is 0 Å². The van der Waals surface area contributed by atoms with Gasteiger partial charge in [0.05, 0.1) is 0 Å². The van der Waals surface area contributed by atoms with Gasteiger partial charge in [-0.15, -0.1) is 0 Å². The van der Waals surface area contributed by atoms with Gasteiger partial charge in [0.15, 0.2) is 11.5 Å². The lowest BCUT2D eigenvalue weighted by molar-refractivity contribution is 0.167. The molecule has 106 valence electrons. The Balaban J connectivity index is 2.35. The number of hydrogen-bond acceptors (Lipinski definition) is 3. The molecule has 1 N–H and O–H groups in total. The molecule has 1 aliphatic heterocycles. The Morgan fingerprint density at radius 3 is 2.53 bits per heavy atom. The number of benzene rings is 1. The smallest absolute Gasteiger partial charge is 0.166 e. The van der Waals surface area contributed by atoms with E-state index in [1.54, 1.807) is 0 Å². The number of hydrogen-bond donors (Lipinski definition) is 1. The standard InChI is InChI=1S/C16H25NO2/c1-4-12(5-2)15(17-6-3)13-8-7-9-14-16(13)19-11-10-18-14/h7-9,12,15,17H,4-6,10-11H2,1-3H3. The summed E-state index contributed by atoms with van der Waals surface area (Å²) in [5, 5.41) is 3.62. The van der Waals surface area contributed by atoms with E-state index < -0.39 is 0 Å². The summed E-state index contributed by atoms with van der Waals surface area (Å²) < 4.78 is 11.5. The van der Waals surface area contributed by atoms with E-state index >= 15 is 0 Å². The fourth-order valence-corrected chi connectivity index (χ4v) is 2.85. The van der Waals surface area contributed by atoms with Gasteiger partial charge in [0.2, 0.25) is 0 Å². The van der Waals surface area contributed by atoms with Crippen molar-refractivity contribution in [3.8, 4) is 11.5 Å². The number of ether oxygens (including phenoxy) is 2. The van der Waals surface area contributed by atoms with Gasteiger partial charge in [0, 0.05) is 11.6 Å². The monoisotopic (exact) mass is 263 g/mol. The first kappa shape index (κ1) is 14.2. The molecule has 0 fully saturated rings. The zero-order valence-corrected chi connectivity index (χ0v) is 12.2. The molecule has 0 saturated carbocycles. The van der Waals surface area contributed by atoms with Crippen LogP contribution in [0.1, 0.15) is 45.2 Å². The maximum atomic E-state index is 5.86. The summed E-state index contributed by atoms with van der Waals surface area (Å²) in [5.41, 5.74) is 1.24. The third-order valence-electron chi connectivity index (χ3n) is 3.88. The van der Waals surface area contributed by atoms with Crippen LogP contribution < -0.4 is 14.8 Å². The molecular weight excluding hydrogens is 238 g/mol. The lowest BCUT2D eigenvalue weighted by Crippen LogP contribution is -2.29. The van der Waals surface area contributed by atoms with Gasteiger partial charge < -0.3 is 14.8 Å². The quantitative estimate of drug-likeness (QED) is 0.851. The minimum absolute atomic E-state index is 0.344. The van der Waals surface area contributed by atoms with Crippen molar-refractivity contribution in [2.75, 3.05) is 19.8 Å². The minimum Gasteiger partial charge on any atom is -0.486 e. The predicted molar refractivity (Wildman–Crippen MR) is 77.9 cm³/mol. The summed E-state index contributed by atoms with van der Waals surface area (Å²) >= 11 is 0. The summed E-state index contributed by atoms with van der Waals surface area (Å²) in [6.07, 6.45) is 2.33. The van der Waals surface area contributed by atoms with E-state index in [2.05, 4.69) is 38.2 Å². The van der Waals surface area contributed by atoms with Gasteiger partial charge in [-0.1, -0.05) is 45.7 Å². The molecule has 0 aromatic heterocycles. The van der Waals surface area contributed by atoms with E-state index in [4.69, 9.17) is 9.47 Å². The molecule has 3 heteroatoms. The molecule has 3 nitrogen and oxygen atoms in total. The van der Waals surface area contributed by atoms with Crippen molar-refractivity contribution in [2.24, 2.45) is 5.92 Å². The highest BCUT2D eigenvalue weighted by Gasteiger charge is 2.26. The third kappa shape index (κ3) is 3.03. The average molecular weight is 263 g/mol. The van der Waals surface area contributed by atoms with Crippen LogP contribution in [0.25, 0.3) is 0 Å². The van der Waals surface area contributed by atoms with Crippen LogP contribution in [0.4, 0.5) is 0 Å². The Kier molecular flexibility index (Phi) is 5.08. The van der Waals surface area contributed by atoms with E-state index in [9.17, 15) is 0 Å². The van der Waals surface area contributed by atoms with Crippen molar-refractivity contribution in [3.05, 3.63) is 23.8 Å². The van der Waals surface area contributed by atoms with Crippen LogP contribution in [0.15, 0.2) is 18.2 Å². The van der Waals surface area contributed by atoms with Crippen molar-refractivity contribution < 1.29 is 9.47 Å². The number of fused-ring (bicyclic) bond motifs is 1. The highest BCUT2D eigenvalue weighted by atomic mass is 16.6. The van der Waals surface area contributed by atoms with Crippen LogP contribution in [-0.4, -0.2) is 19.8 Å². The molecule has 0 aliphatic carbocycles. The predicted octanol–water partition coefficient (Wildman–Crippen LogP) is 3.54. The molecule has 0 amide bonds. The third-order valence-corrected chi connectivity index (χ3v) is 3.88. The van der Waals surface area contributed by atoms with Gasteiger partial charge >= 0.3 is 0 Å². The Bertz CT molecular complexity index is 402. The van der Waals surface area contributed by atoms with Crippen molar-refractivity contribution in [1.29, 1.82) is 0 Å². The number of nitrogens with one attached hydrogen (secondary N) is 1. The molecule has 1 heterocycles. The van der Waals surface area contributed by atoms with Crippen LogP contribution in [-0.2, 0) is 0 Å². The second-order valence-electron chi connectivity index (χ2n) is 4.98. The first-order valence-electron chi connectivity index (χ1n) is 7.43. The van der Waals surface area contributed by atoms with E-state index in [1.807, 2.05) is 6.07 Å². The summed E-state index contributed by atoms with van der Waals surface area (Å²) in [5.74, 6) is 2.45. The van der Waals surface area contributed by atoms with Crippen LogP contribution in [0, 0.1) is 5.92 Å². The second-order valence-corrected chi connectivity index (χ2v) is 4.98. The normalized spacial score (nSPS) is 15.6. The van der Waals surface area contributed by atoms with Gasteiger partial charge in [-0.2, -0.15) is 0 Å². The maximum absolute atomic E-state index is 5.86. The van der Waals surface area contributed by atoms with Crippen LogP contribution >= 0.6 is 0 Å². The van der Waals surface area contributed by atoms with Gasteiger partial charge in [0.25, 0.3) is 0 Å². The molecule has 0 saturated heterocycles. The molecular formula is C16H25NO2. The molecule has 1 aromatic rings. The van der Waals surface area contributed by atoms with Crippen molar-refractivity contribution in [3.63, 3.8) is 0 Å². The fourth-order valence-electron chi connectivity index (χ4n) is 2.85. The van der Waals surface area contributed by atoms with Crippen molar-refractivity contribution in [2.45, 2.75) is 39.7 Å². The molecule has 1 atom stereocenters. The van der Waals surface area contributed by atoms with E-state index in [1.165, 1.54) is 18.4 Å². The lowest BCUT2D eigenvalue weighted by atomic mass is 9.88. The van der Waals surface area contributed by atoms with Gasteiger partial charge in [0.1, 0.15) is 13.2 Å². The summed E-state index contributed by atoms with van der Waals surface area (Å²) in [7, 11) is 0. The summed E-state index contributed by atoms with van der Waals surface area (Å²) in [6.45, 7) is 8.92. The Hall–Kier alpha value is -1.22. The highest BCUT2D eigenvalue weighted by molar-refractivity contribution is 5.49. The minimum atomic E-state index is 0.344. The molecule has 1 unspecified atom stereocenters. The fraction of sp³-hybridized carbons (Fsp3) is 0.625. The highest BCUT2D eigenvalue weighted by Crippen LogP contribution is 2.40. The maximum Gasteiger partial charge on any atom is 0.166 e. The molecule has 0 bridgehead atoms. The Labute approximate surface area is 116 Å². The molecule has 19 heavy (non-hydrogen) atoms. The topological polar surface area (TPSA) is 30.5 Å². The van der Waals surface area contributed by atoms with E-state index in [0.29, 0.717) is 25.2 Å². The van der Waals surface area contributed by atoms with Crippen molar-refractivity contribution >= 4 is 0 Å². The second kappa shape index (κ2) is 6.80. The first-order valence-corrected chi connectivity index (χ1v) is 7.43. The molecule has 0 radical (unpaired) electrons. The molecule has 0 spiro atoms. The van der Waals surface area contributed by atoms with Crippen LogP contribution in [0.3, 0.4) is 0 Å². The number of para-hydroxylation sites is 1. The van der Waals surface area contributed by atoms with Gasteiger partial charge in [-0.05, 0) is 18.5 Å². The molecule has 2 rings (SSSR count). The largest absolute Gasteiger partial charge is 0.486 e. The van der Waals surface area contributed by atoms with Crippen molar-refractivity contribution in [1.82, 2.24) is 5.32 Å². The molecule has 1 aliphatic rings. The molecule has 1 aromatic carbocycles. The zero-order chi connectivity index (χ0) is 13.7. The van der Waals surface area contributed by atoms with Crippen LogP contribution in [0.5, 0.6) is 11.5 Å². The first-order chi connectivity index (χ1) is 9.31. The Morgan fingerprint density at radius 2 is 1.84 bits per heavy atom. The Morgan fingerprint density at radius 1 is 1.11 bits per heavy atom. The van der Waals surface area contributed by atoms with Gasteiger partial charge in [-0.3, -0.25) is 0 Å². The number of rotatable bonds is 6.